The molecule has 0 aliphatic carbocycles. The molecule has 4 fully saturated rings. The fourth-order valence-corrected chi connectivity index (χ4v) is 8.20. The number of rotatable bonds is 9. The molecule has 4 aliphatic heterocycles. The number of benzene rings is 1. The molecule has 9 heteroatoms. The Balaban J connectivity index is 1.15. The molecule has 4 saturated heterocycles. The van der Waals surface area contributed by atoms with E-state index in [4.69, 9.17) is 4.74 Å². The predicted octanol–water partition coefficient (Wildman–Crippen LogP) is 4.22. The molecule has 0 radical (unpaired) electrons. The van der Waals surface area contributed by atoms with Gasteiger partial charge < -0.3 is 24.4 Å². The smallest absolute Gasteiger partial charge is 0.320 e. The van der Waals surface area contributed by atoms with Gasteiger partial charge in [-0.05, 0) is 70.3 Å². The zero-order chi connectivity index (χ0) is 28.6. The average Bonchev–Trinajstić information content (AvgIpc) is 3.59. The summed E-state index contributed by atoms with van der Waals surface area (Å²) in [5, 5.41) is 3.27. The van der Waals surface area contributed by atoms with Crippen LogP contribution in [-0.2, 0) is 11.8 Å². The first kappa shape index (κ1) is 28.2. The summed E-state index contributed by atoms with van der Waals surface area (Å²) in [7, 11) is 1.85. The molecular formula is C32H46N6O3. The van der Waals surface area contributed by atoms with Crippen LogP contribution < -0.4 is 5.32 Å². The number of amides is 3. The molecular weight excluding hydrogens is 516 g/mol. The third-order valence-electron chi connectivity index (χ3n) is 10.0. The second kappa shape index (κ2) is 11.8. The summed E-state index contributed by atoms with van der Waals surface area (Å²) in [5.41, 5.74) is 1.04. The summed E-state index contributed by atoms with van der Waals surface area (Å²) in [6.45, 7) is 8.64. The number of ether oxygens (including phenoxy) is 1. The molecule has 1 spiro atoms. The standard InChI is InChI=1S/C32H46N6O3/c1-23(2)38-31(40)36(21-24-12-17-41-18-13-24)22-32(38)19-26-9-10-27(20-32)37(26)15-11-28(25-7-5-4-6-8-25)34-30(39)29-33-14-16-35(29)3/h4-8,14,16,23-24,26-28H,9-13,15,17-22H2,1-3H3,(H,34,39)/t26?,27?,28-,32?/m0/s1. The monoisotopic (exact) mass is 562 g/mol. The van der Waals surface area contributed by atoms with E-state index in [9.17, 15) is 9.59 Å². The van der Waals surface area contributed by atoms with Gasteiger partial charge in [0.05, 0.1) is 11.6 Å². The van der Waals surface area contributed by atoms with Crippen molar-refractivity contribution in [1.82, 2.24) is 29.6 Å². The van der Waals surface area contributed by atoms with Gasteiger partial charge in [-0.2, -0.15) is 0 Å². The number of nitrogens with zero attached hydrogens (tertiary/aromatic N) is 5. The maximum atomic E-state index is 13.8. The minimum atomic E-state index is -0.145. The highest BCUT2D eigenvalue weighted by molar-refractivity contribution is 5.91. The minimum Gasteiger partial charge on any atom is -0.381 e. The molecule has 9 nitrogen and oxygen atoms in total. The summed E-state index contributed by atoms with van der Waals surface area (Å²) in [6, 6.07) is 11.5. The van der Waals surface area contributed by atoms with Crippen molar-refractivity contribution in [2.45, 2.75) is 88.5 Å². The number of hydrogen-bond acceptors (Lipinski definition) is 5. The number of fused-ring (bicyclic) bond motifs is 2. The summed E-state index contributed by atoms with van der Waals surface area (Å²) in [6.07, 6.45) is 10.8. The topological polar surface area (TPSA) is 82.9 Å². The van der Waals surface area contributed by atoms with E-state index in [1.54, 1.807) is 17.0 Å². The maximum Gasteiger partial charge on any atom is 0.320 e. The lowest BCUT2D eigenvalue weighted by molar-refractivity contribution is 0.0145. The molecule has 5 heterocycles. The first-order valence-electron chi connectivity index (χ1n) is 15.6. The number of hydrogen-bond donors (Lipinski definition) is 1. The molecule has 2 unspecified atom stereocenters. The van der Waals surface area contributed by atoms with Gasteiger partial charge in [-0.15, -0.1) is 0 Å². The highest BCUT2D eigenvalue weighted by atomic mass is 16.5. The fourth-order valence-electron chi connectivity index (χ4n) is 8.20. The van der Waals surface area contributed by atoms with E-state index < -0.39 is 0 Å². The minimum absolute atomic E-state index is 0.0794. The molecule has 6 rings (SSSR count). The van der Waals surface area contributed by atoms with Crippen LogP contribution in [0.3, 0.4) is 0 Å². The number of carbonyl (C=O) groups excluding carboxylic acids is 2. The van der Waals surface area contributed by atoms with Crippen molar-refractivity contribution in [3.8, 4) is 0 Å². The van der Waals surface area contributed by atoms with Crippen LogP contribution in [0.25, 0.3) is 0 Å². The van der Waals surface area contributed by atoms with Crippen LogP contribution in [0.4, 0.5) is 4.79 Å². The van der Waals surface area contributed by atoms with E-state index in [2.05, 4.69) is 51.0 Å². The number of piperidine rings is 1. The van der Waals surface area contributed by atoms with Crippen molar-refractivity contribution in [3.05, 3.63) is 54.1 Å². The second-order valence-electron chi connectivity index (χ2n) is 13.0. The molecule has 3 atom stereocenters. The van der Waals surface area contributed by atoms with E-state index in [0.717, 1.165) is 70.5 Å². The van der Waals surface area contributed by atoms with Gasteiger partial charge in [0.15, 0.2) is 5.82 Å². The number of nitrogens with one attached hydrogen (secondary N) is 1. The van der Waals surface area contributed by atoms with Gasteiger partial charge in [-0.25, -0.2) is 9.78 Å². The van der Waals surface area contributed by atoms with Crippen molar-refractivity contribution in [2.24, 2.45) is 13.0 Å². The molecule has 1 aromatic heterocycles. The number of imidazole rings is 1. The summed E-state index contributed by atoms with van der Waals surface area (Å²) in [5.74, 6) is 0.828. The van der Waals surface area contributed by atoms with Crippen LogP contribution in [0.15, 0.2) is 42.7 Å². The molecule has 2 aromatic rings. The van der Waals surface area contributed by atoms with Gasteiger partial charge in [0.25, 0.3) is 5.91 Å². The Hall–Kier alpha value is -2.91. The number of urea groups is 1. The molecule has 4 aliphatic rings. The summed E-state index contributed by atoms with van der Waals surface area (Å²) in [4.78, 5) is 38.2. The summed E-state index contributed by atoms with van der Waals surface area (Å²) >= 11 is 0. The molecule has 222 valence electrons. The second-order valence-corrected chi connectivity index (χ2v) is 13.0. The Morgan fingerprint density at radius 2 is 1.80 bits per heavy atom. The average molecular weight is 563 g/mol. The van der Waals surface area contributed by atoms with Crippen molar-refractivity contribution >= 4 is 11.9 Å². The van der Waals surface area contributed by atoms with Crippen LogP contribution in [0.2, 0.25) is 0 Å². The number of carbonyl (C=O) groups is 2. The van der Waals surface area contributed by atoms with Crippen LogP contribution in [0.1, 0.15) is 81.0 Å². The van der Waals surface area contributed by atoms with E-state index in [1.165, 1.54) is 12.8 Å². The van der Waals surface area contributed by atoms with Gasteiger partial charge in [-0.1, -0.05) is 30.3 Å². The normalized spacial score (nSPS) is 27.8. The largest absolute Gasteiger partial charge is 0.381 e. The van der Waals surface area contributed by atoms with Crippen molar-refractivity contribution < 1.29 is 14.3 Å². The first-order chi connectivity index (χ1) is 19.8. The van der Waals surface area contributed by atoms with Crippen molar-refractivity contribution in [2.75, 3.05) is 32.8 Å². The van der Waals surface area contributed by atoms with Crippen LogP contribution in [0, 0.1) is 5.92 Å². The van der Waals surface area contributed by atoms with Crippen molar-refractivity contribution in [1.29, 1.82) is 0 Å². The summed E-state index contributed by atoms with van der Waals surface area (Å²) < 4.78 is 7.34. The quantitative estimate of drug-likeness (QED) is 0.495. The lowest BCUT2D eigenvalue weighted by Crippen LogP contribution is -2.60. The van der Waals surface area contributed by atoms with E-state index in [-0.39, 0.29) is 29.6 Å². The Kier molecular flexibility index (Phi) is 8.10. The Labute approximate surface area is 244 Å². The molecule has 0 saturated carbocycles. The third kappa shape index (κ3) is 5.63. The third-order valence-corrected chi connectivity index (χ3v) is 10.0. The van der Waals surface area contributed by atoms with Crippen LogP contribution >= 0.6 is 0 Å². The Morgan fingerprint density at radius 1 is 1.10 bits per heavy atom. The molecule has 1 aromatic carbocycles. The maximum absolute atomic E-state index is 13.8. The van der Waals surface area contributed by atoms with E-state index in [0.29, 0.717) is 23.8 Å². The van der Waals surface area contributed by atoms with E-state index >= 15 is 0 Å². The Morgan fingerprint density at radius 3 is 2.44 bits per heavy atom. The zero-order valence-corrected chi connectivity index (χ0v) is 24.9. The molecule has 1 N–H and O–H groups in total. The lowest BCUT2D eigenvalue weighted by atomic mass is 9.81. The van der Waals surface area contributed by atoms with Crippen molar-refractivity contribution in [3.63, 3.8) is 0 Å². The Bertz CT molecular complexity index is 1200. The highest BCUT2D eigenvalue weighted by Crippen LogP contribution is 2.48. The van der Waals surface area contributed by atoms with Gasteiger partial charge in [0, 0.05) is 70.4 Å². The highest BCUT2D eigenvalue weighted by Gasteiger charge is 2.57. The molecule has 2 bridgehead atoms. The molecule has 3 amide bonds. The first-order valence-corrected chi connectivity index (χ1v) is 15.6. The van der Waals surface area contributed by atoms with Gasteiger partial charge in [0.1, 0.15) is 0 Å². The fraction of sp³-hybridized carbons (Fsp3) is 0.656. The van der Waals surface area contributed by atoms with E-state index in [1.807, 2.05) is 25.2 Å². The SMILES string of the molecule is CC(C)N1C(=O)N(CC2CCOCC2)CC12CC1CCC(C2)N1CC[C@H](NC(=O)c1nccn1C)c1ccccc1. The number of aromatic nitrogens is 2. The van der Waals surface area contributed by atoms with Crippen LogP contribution in [0.5, 0.6) is 0 Å². The zero-order valence-electron chi connectivity index (χ0n) is 24.9. The van der Waals surface area contributed by atoms with Gasteiger partial charge in [-0.3, -0.25) is 9.69 Å². The van der Waals surface area contributed by atoms with Crippen LogP contribution in [-0.4, -0.2) is 92.7 Å². The predicted molar refractivity (Wildman–Crippen MR) is 157 cm³/mol. The van der Waals surface area contributed by atoms with Gasteiger partial charge >= 0.3 is 6.03 Å². The van der Waals surface area contributed by atoms with Gasteiger partial charge in [0.2, 0.25) is 0 Å². The lowest BCUT2D eigenvalue weighted by Gasteiger charge is -2.49. The molecule has 41 heavy (non-hydrogen) atoms. The number of aryl methyl sites for hydroxylation is 1.